The highest BCUT2D eigenvalue weighted by Gasteiger charge is 2.04. The van der Waals surface area contributed by atoms with Crippen molar-refractivity contribution in [2.45, 2.75) is 13.8 Å². The number of allylic oxidation sites excluding steroid dienone is 6. The molecule has 64 valence electrons. The van der Waals surface area contributed by atoms with Gasteiger partial charge in [0.05, 0.1) is 5.71 Å². The zero-order valence-corrected chi connectivity index (χ0v) is 8.48. The molecule has 12 heavy (non-hydrogen) atoms. The van der Waals surface area contributed by atoms with Gasteiger partial charge < -0.3 is 0 Å². The molecule has 0 aromatic carbocycles. The van der Waals surface area contributed by atoms with Crippen LogP contribution in [-0.4, -0.2) is 12.0 Å². The molecule has 1 nitrogen and oxygen atoms in total. The van der Waals surface area contributed by atoms with E-state index in [-0.39, 0.29) is 0 Å². The fourth-order valence-electron chi connectivity index (χ4n) is 1.09. The molecule has 0 bridgehead atoms. The second kappa shape index (κ2) is 4.31. The number of hydrogen-bond acceptors (Lipinski definition) is 2. The van der Waals surface area contributed by atoms with Crippen LogP contribution in [0.15, 0.2) is 39.8 Å². The summed E-state index contributed by atoms with van der Waals surface area (Å²) in [4.78, 5) is 0. The Morgan fingerprint density at radius 1 is 1.42 bits per heavy atom. The van der Waals surface area contributed by atoms with E-state index in [1.165, 1.54) is 23.1 Å². The Labute approximate surface area is 78.1 Å². The molecule has 0 radical (unpaired) electrons. The molecule has 1 aliphatic carbocycles. The van der Waals surface area contributed by atoms with Gasteiger partial charge in [-0.1, -0.05) is 23.8 Å². The zero-order chi connectivity index (χ0) is 8.97. The standard InChI is InChI=1S/C10H13NS/c1-4-9-7-8(2)5-6-10(9)11-12-3/h4-7H,1-3H3. The summed E-state index contributed by atoms with van der Waals surface area (Å²) >= 11 is 1.50. The minimum Gasteiger partial charge on any atom is -0.216 e. The van der Waals surface area contributed by atoms with Gasteiger partial charge in [0.2, 0.25) is 0 Å². The highest BCUT2D eigenvalue weighted by Crippen LogP contribution is 2.15. The van der Waals surface area contributed by atoms with E-state index in [4.69, 9.17) is 0 Å². The third kappa shape index (κ3) is 2.11. The highest BCUT2D eigenvalue weighted by atomic mass is 32.2. The van der Waals surface area contributed by atoms with E-state index in [9.17, 15) is 0 Å². The fraction of sp³-hybridized carbons (Fsp3) is 0.300. The number of rotatable bonds is 1. The van der Waals surface area contributed by atoms with Crippen LogP contribution in [0, 0.1) is 0 Å². The Morgan fingerprint density at radius 3 is 2.75 bits per heavy atom. The SMILES string of the molecule is CC=C1C=C(C)C=CC1=NSC. The quantitative estimate of drug-likeness (QED) is 0.563. The number of nitrogens with zero attached hydrogens (tertiary/aromatic N) is 1. The topological polar surface area (TPSA) is 12.4 Å². The Balaban J connectivity index is 2.96. The highest BCUT2D eigenvalue weighted by molar-refractivity contribution is 7.97. The molecule has 0 heterocycles. The summed E-state index contributed by atoms with van der Waals surface area (Å²) in [5.74, 6) is 0. The van der Waals surface area contributed by atoms with Crippen LogP contribution in [0.4, 0.5) is 0 Å². The monoisotopic (exact) mass is 179 g/mol. The van der Waals surface area contributed by atoms with Gasteiger partial charge >= 0.3 is 0 Å². The molecule has 0 aromatic rings. The lowest BCUT2D eigenvalue weighted by Crippen LogP contribution is -2.00. The molecule has 0 fully saturated rings. The molecular formula is C10H13NS. The minimum atomic E-state index is 1.07. The van der Waals surface area contributed by atoms with Crippen LogP contribution in [0.3, 0.4) is 0 Å². The van der Waals surface area contributed by atoms with E-state index in [1.54, 1.807) is 0 Å². The van der Waals surface area contributed by atoms with E-state index in [0.29, 0.717) is 0 Å². The Bertz CT molecular complexity index is 282. The van der Waals surface area contributed by atoms with Crippen LogP contribution in [0.25, 0.3) is 0 Å². The molecule has 0 aliphatic heterocycles. The van der Waals surface area contributed by atoms with Crippen LogP contribution in [0.2, 0.25) is 0 Å². The van der Waals surface area contributed by atoms with Crippen molar-refractivity contribution in [3.05, 3.63) is 35.5 Å². The minimum absolute atomic E-state index is 1.07. The van der Waals surface area contributed by atoms with Crippen LogP contribution in [0.1, 0.15) is 13.8 Å². The van der Waals surface area contributed by atoms with Crippen molar-refractivity contribution in [2.24, 2.45) is 4.40 Å². The molecule has 0 saturated carbocycles. The lowest BCUT2D eigenvalue weighted by atomic mass is 10.0. The summed E-state index contributed by atoms with van der Waals surface area (Å²) in [5.41, 5.74) is 3.56. The lowest BCUT2D eigenvalue weighted by molar-refractivity contribution is 1.47. The smallest absolute Gasteiger partial charge is 0.0782 e. The molecule has 0 N–H and O–H groups in total. The van der Waals surface area contributed by atoms with Crippen molar-refractivity contribution in [3.63, 3.8) is 0 Å². The van der Waals surface area contributed by atoms with Gasteiger partial charge in [0.1, 0.15) is 0 Å². The molecule has 1 aliphatic rings. The summed E-state index contributed by atoms with van der Waals surface area (Å²) in [6.45, 7) is 4.13. The molecule has 0 spiro atoms. The van der Waals surface area contributed by atoms with E-state index in [0.717, 1.165) is 5.71 Å². The molecule has 0 saturated heterocycles. The van der Waals surface area contributed by atoms with Crippen molar-refractivity contribution in [1.29, 1.82) is 0 Å². The molecule has 2 heteroatoms. The van der Waals surface area contributed by atoms with Crippen molar-refractivity contribution in [3.8, 4) is 0 Å². The van der Waals surface area contributed by atoms with Crippen molar-refractivity contribution < 1.29 is 0 Å². The third-order valence-corrected chi connectivity index (χ3v) is 2.06. The van der Waals surface area contributed by atoms with Crippen LogP contribution in [0.5, 0.6) is 0 Å². The lowest BCUT2D eigenvalue weighted by Gasteiger charge is -2.07. The summed E-state index contributed by atoms with van der Waals surface area (Å²) in [5, 5.41) is 0. The van der Waals surface area contributed by atoms with Crippen LogP contribution in [-0.2, 0) is 0 Å². The summed E-state index contributed by atoms with van der Waals surface area (Å²) in [7, 11) is 0. The van der Waals surface area contributed by atoms with Gasteiger partial charge in [-0.05, 0) is 37.4 Å². The average Bonchev–Trinajstić information content (AvgIpc) is 2.08. The second-order valence-corrected chi connectivity index (χ2v) is 3.17. The maximum Gasteiger partial charge on any atom is 0.0782 e. The van der Waals surface area contributed by atoms with Crippen molar-refractivity contribution >= 4 is 17.7 Å². The van der Waals surface area contributed by atoms with E-state index in [2.05, 4.69) is 35.6 Å². The van der Waals surface area contributed by atoms with Gasteiger partial charge in [0, 0.05) is 6.26 Å². The predicted octanol–water partition coefficient (Wildman–Crippen LogP) is 3.17. The number of hydrogen-bond donors (Lipinski definition) is 0. The molecule has 0 amide bonds. The van der Waals surface area contributed by atoms with Crippen molar-refractivity contribution in [1.82, 2.24) is 0 Å². The van der Waals surface area contributed by atoms with Gasteiger partial charge in [0.25, 0.3) is 0 Å². The first-order valence-electron chi connectivity index (χ1n) is 3.92. The Morgan fingerprint density at radius 2 is 2.17 bits per heavy atom. The molecule has 0 aromatic heterocycles. The largest absolute Gasteiger partial charge is 0.216 e. The summed E-state index contributed by atoms with van der Waals surface area (Å²) in [6, 6.07) is 0. The van der Waals surface area contributed by atoms with Crippen molar-refractivity contribution in [2.75, 3.05) is 6.26 Å². The normalized spacial score (nSPS) is 23.4. The maximum atomic E-state index is 4.30. The Hall–Kier alpha value is -0.760. The van der Waals surface area contributed by atoms with Gasteiger partial charge in [-0.3, -0.25) is 0 Å². The fourth-order valence-corrected chi connectivity index (χ4v) is 1.45. The summed E-state index contributed by atoms with van der Waals surface area (Å²) < 4.78 is 4.30. The second-order valence-electron chi connectivity index (χ2n) is 2.62. The Kier molecular flexibility index (Phi) is 3.35. The molecule has 0 atom stereocenters. The van der Waals surface area contributed by atoms with Crippen LogP contribution < -0.4 is 0 Å². The molecule has 0 unspecified atom stereocenters. The van der Waals surface area contributed by atoms with E-state index < -0.39 is 0 Å². The predicted molar refractivity (Wildman–Crippen MR) is 57.6 cm³/mol. The zero-order valence-electron chi connectivity index (χ0n) is 7.66. The van der Waals surface area contributed by atoms with E-state index in [1.807, 2.05) is 13.2 Å². The molecule has 1 rings (SSSR count). The van der Waals surface area contributed by atoms with Gasteiger partial charge in [-0.15, -0.1) is 0 Å². The van der Waals surface area contributed by atoms with Gasteiger partial charge in [0.15, 0.2) is 0 Å². The average molecular weight is 179 g/mol. The first kappa shape index (κ1) is 9.33. The molecular weight excluding hydrogens is 166 g/mol. The third-order valence-electron chi connectivity index (χ3n) is 1.68. The first-order chi connectivity index (χ1) is 5.77. The van der Waals surface area contributed by atoms with Gasteiger partial charge in [-0.2, -0.15) is 0 Å². The van der Waals surface area contributed by atoms with Crippen LogP contribution >= 0.6 is 11.9 Å². The van der Waals surface area contributed by atoms with E-state index >= 15 is 0 Å². The maximum absolute atomic E-state index is 4.30. The summed E-state index contributed by atoms with van der Waals surface area (Å²) in [6.07, 6.45) is 10.3. The van der Waals surface area contributed by atoms with Gasteiger partial charge in [-0.25, -0.2) is 4.40 Å². The first-order valence-corrected chi connectivity index (χ1v) is 5.10.